The molecule has 4 heavy (non-hydrogen) atoms. The van der Waals surface area contributed by atoms with Crippen molar-refractivity contribution in [3.63, 3.8) is 0 Å². The van der Waals surface area contributed by atoms with Crippen LogP contribution in [-0.2, 0) is 0 Å². The predicted molar refractivity (Wildman–Crippen MR) is 23.4 cm³/mol. The summed E-state index contributed by atoms with van der Waals surface area (Å²) in [6.07, 6.45) is 0. The van der Waals surface area contributed by atoms with Gasteiger partial charge in [-0.2, -0.15) is 0 Å². The molecule has 0 radical (unpaired) electrons. The zero-order chi connectivity index (χ0) is 3.58. The summed E-state index contributed by atoms with van der Waals surface area (Å²) < 4.78 is 0. The molecule has 0 bridgehead atoms. The molecule has 1 nitrogen and oxygen atoms in total. The number of hydrogen-bond acceptors (Lipinski definition) is 1. The molecular formula is H3OPSe2. The Morgan fingerprint density at radius 2 is 2.00 bits per heavy atom. The Labute approximate surface area is 40.9 Å². The van der Waals surface area contributed by atoms with Gasteiger partial charge in [-0.05, 0) is 0 Å². The quantitative estimate of drug-likeness (QED) is 0.400. The molecule has 0 aromatic rings. The first kappa shape index (κ1) is 5.43. The Hall–Kier alpha value is 1.43. The maximum absolute atomic E-state index is 8.07. The molecule has 1 N–H and O–H groups in total. The molecule has 0 aliphatic rings. The third kappa shape index (κ3) is 9.91. The van der Waals surface area contributed by atoms with E-state index in [0.29, 0.717) is 0 Å². The minimum absolute atomic E-state index is 1.07. The molecule has 0 spiro atoms. The van der Waals surface area contributed by atoms with Crippen LogP contribution in [0.3, 0.4) is 0 Å². The van der Waals surface area contributed by atoms with Crippen molar-refractivity contribution in [2.75, 3.05) is 0 Å². The third-order valence-corrected chi connectivity index (χ3v) is 0. The van der Waals surface area contributed by atoms with Gasteiger partial charge in [0.05, 0.1) is 0 Å². The molecular weight excluding hydrogens is 205 g/mol. The number of hydrogen-bond donors (Lipinski definition) is 1. The topological polar surface area (TPSA) is 20.2 Å². The molecule has 0 aromatic carbocycles. The van der Waals surface area contributed by atoms with Gasteiger partial charge in [0.25, 0.3) is 0 Å². The Morgan fingerprint density at radius 3 is 2.00 bits per heavy atom. The van der Waals surface area contributed by atoms with E-state index in [1.165, 1.54) is 0 Å². The van der Waals surface area contributed by atoms with Crippen LogP contribution in [0.25, 0.3) is 0 Å². The molecule has 0 saturated carbocycles. The maximum atomic E-state index is 8.07. The van der Waals surface area contributed by atoms with Crippen LogP contribution in [0.4, 0.5) is 0 Å². The zero-order valence-corrected chi connectivity index (χ0v) is 6.39. The van der Waals surface area contributed by atoms with Crippen molar-refractivity contribution >= 4 is 35.8 Å². The predicted octanol–water partition coefficient (Wildman–Crippen LogP) is -0.993. The van der Waals surface area contributed by atoms with E-state index in [4.69, 9.17) is 4.89 Å². The molecule has 0 fully saturated rings. The van der Waals surface area contributed by atoms with Crippen LogP contribution in [0.5, 0.6) is 0 Å². The van der Waals surface area contributed by atoms with Crippen molar-refractivity contribution in [3.05, 3.63) is 0 Å². The Morgan fingerprint density at radius 1 is 2.00 bits per heavy atom. The van der Waals surface area contributed by atoms with Crippen LogP contribution in [0.2, 0.25) is 0 Å². The van der Waals surface area contributed by atoms with Crippen LogP contribution in [-0.4, -0.2) is 35.6 Å². The van der Waals surface area contributed by atoms with Crippen LogP contribution in [0, 0.1) is 0 Å². The van der Waals surface area contributed by atoms with Crippen molar-refractivity contribution in [1.82, 2.24) is 0 Å². The van der Waals surface area contributed by atoms with Gasteiger partial charge in [-0.25, -0.2) is 0 Å². The number of rotatable bonds is 0. The Kier molecular flexibility index (Phi) is 3.60. The van der Waals surface area contributed by atoms with Crippen molar-refractivity contribution in [2.45, 2.75) is 0 Å². The standard InChI is InChI=1S/H3OPSe2/c1-2(3)4/h2H,(H2,1,3,4). The van der Waals surface area contributed by atoms with Gasteiger partial charge in [-0.15, -0.1) is 0 Å². The van der Waals surface area contributed by atoms with Crippen molar-refractivity contribution < 1.29 is 4.89 Å². The average Bonchev–Trinajstić information content (AvgIpc) is 0.811. The molecule has 0 saturated heterocycles. The summed E-state index contributed by atoms with van der Waals surface area (Å²) in [5, 5.41) is -1.07. The van der Waals surface area contributed by atoms with Crippen LogP contribution in [0.1, 0.15) is 0 Å². The fraction of sp³-hybridized carbons (Fsp3) is 0. The van der Waals surface area contributed by atoms with Gasteiger partial charge in [0, 0.05) is 0 Å². The molecule has 4 heteroatoms. The molecule has 0 aromatic heterocycles. The summed E-state index contributed by atoms with van der Waals surface area (Å²) in [4.78, 5) is 8.07. The monoisotopic (exact) mass is 210 g/mol. The molecule has 1 atom stereocenters. The first-order valence-corrected chi connectivity index (χ1v) is 7.34. The molecule has 0 aliphatic carbocycles. The minimum atomic E-state index is -1.07. The van der Waals surface area contributed by atoms with E-state index in [-0.39, 0.29) is 0 Å². The average molecular weight is 208 g/mol. The van der Waals surface area contributed by atoms with Crippen molar-refractivity contribution in [3.8, 4) is 0 Å². The van der Waals surface area contributed by atoms with E-state index in [0.717, 1.165) is 0 Å². The van der Waals surface area contributed by atoms with Gasteiger partial charge in [-0.1, -0.05) is 0 Å². The summed E-state index contributed by atoms with van der Waals surface area (Å²) in [6.45, 7) is 0. The fourth-order valence-electron chi connectivity index (χ4n) is 0. The summed E-state index contributed by atoms with van der Waals surface area (Å²) in [5.41, 5.74) is 0. The van der Waals surface area contributed by atoms with Gasteiger partial charge >= 0.3 is 40.6 Å². The van der Waals surface area contributed by atoms with Gasteiger partial charge in [0.15, 0.2) is 0 Å². The van der Waals surface area contributed by atoms with Crippen molar-refractivity contribution in [2.24, 2.45) is 0 Å². The molecule has 0 heterocycles. The summed E-state index contributed by atoms with van der Waals surface area (Å²) in [5.74, 6) is 0. The third-order valence-electron chi connectivity index (χ3n) is 0. The zero-order valence-electron chi connectivity index (χ0n) is 1.80. The van der Waals surface area contributed by atoms with Gasteiger partial charge < -0.3 is 0 Å². The van der Waals surface area contributed by atoms with Gasteiger partial charge in [0.2, 0.25) is 0 Å². The Bertz CT molecular complexity index is 29.0. The van der Waals surface area contributed by atoms with Crippen LogP contribution in [0.15, 0.2) is 0 Å². The van der Waals surface area contributed by atoms with E-state index in [2.05, 4.69) is 30.7 Å². The Balaban J connectivity index is 2.80. The van der Waals surface area contributed by atoms with Crippen LogP contribution < -0.4 is 0 Å². The summed E-state index contributed by atoms with van der Waals surface area (Å²) in [7, 11) is 0. The normalized spacial score (nSPS) is 15.5. The SMILES string of the molecule is O[PH](=[Se])[SeH]. The first-order chi connectivity index (χ1) is 1.73. The van der Waals surface area contributed by atoms with Gasteiger partial charge in [-0.3, -0.25) is 0 Å². The second-order valence-electron chi connectivity index (χ2n) is 0.283. The second-order valence-corrected chi connectivity index (χ2v) is 10.4. The van der Waals surface area contributed by atoms with Crippen molar-refractivity contribution in [1.29, 1.82) is 0 Å². The molecule has 0 aliphatic heterocycles. The second kappa shape index (κ2) is 2.65. The molecule has 0 amide bonds. The fourth-order valence-corrected chi connectivity index (χ4v) is 0. The van der Waals surface area contributed by atoms with E-state index in [1.54, 1.807) is 0 Å². The van der Waals surface area contributed by atoms with E-state index in [9.17, 15) is 0 Å². The van der Waals surface area contributed by atoms with E-state index >= 15 is 0 Å². The van der Waals surface area contributed by atoms with Gasteiger partial charge in [0.1, 0.15) is 0 Å². The summed E-state index contributed by atoms with van der Waals surface area (Å²) >= 11 is 4.67. The summed E-state index contributed by atoms with van der Waals surface area (Å²) in [6, 6.07) is 0. The molecule has 0 rings (SSSR count). The van der Waals surface area contributed by atoms with Crippen LogP contribution >= 0.6 is 5.08 Å². The first-order valence-electron chi connectivity index (χ1n) is 0.651. The molecule has 26 valence electrons. The van der Waals surface area contributed by atoms with E-state index < -0.39 is 5.08 Å². The molecule has 1 unspecified atom stereocenters. The van der Waals surface area contributed by atoms with E-state index in [1.807, 2.05) is 0 Å².